The molecule has 0 spiro atoms. The zero-order valence-electron chi connectivity index (χ0n) is 12.6. The summed E-state index contributed by atoms with van der Waals surface area (Å²) in [6, 6.07) is 10.8. The van der Waals surface area contributed by atoms with Crippen LogP contribution in [-0.4, -0.2) is 21.2 Å². The summed E-state index contributed by atoms with van der Waals surface area (Å²) in [5.41, 5.74) is 2.76. The summed E-state index contributed by atoms with van der Waals surface area (Å²) in [4.78, 5) is 17.3. The number of nitrogens with one attached hydrogen (secondary N) is 1. The summed E-state index contributed by atoms with van der Waals surface area (Å²) in [6.07, 6.45) is 1.12. The van der Waals surface area contributed by atoms with Crippen LogP contribution in [0.15, 0.2) is 41.6 Å². The number of amides is 1. The molecule has 0 saturated heterocycles. The number of nitrogens with zero attached hydrogens (tertiary/aromatic N) is 2. The normalized spacial score (nSPS) is 13.8. The van der Waals surface area contributed by atoms with Gasteiger partial charge in [-0.3, -0.25) is 4.79 Å². The Balaban J connectivity index is 1.75. The van der Waals surface area contributed by atoms with E-state index in [1.807, 2.05) is 18.2 Å². The van der Waals surface area contributed by atoms with Gasteiger partial charge in [0.2, 0.25) is 0 Å². The number of aromatic nitrogens is 2. The van der Waals surface area contributed by atoms with E-state index in [9.17, 15) is 4.79 Å². The van der Waals surface area contributed by atoms with Gasteiger partial charge in [-0.25, -0.2) is 4.98 Å². The van der Waals surface area contributed by atoms with Crippen LogP contribution in [0.2, 0.25) is 10.0 Å². The second-order valence-corrected chi connectivity index (χ2v) is 7.35. The van der Waals surface area contributed by atoms with E-state index in [1.54, 1.807) is 30.0 Å². The van der Waals surface area contributed by atoms with E-state index in [0.717, 1.165) is 34.9 Å². The first kappa shape index (κ1) is 15.8. The van der Waals surface area contributed by atoms with Gasteiger partial charge in [0, 0.05) is 12.3 Å². The number of hydrogen-bond donors (Lipinski definition) is 1. The number of carbonyl (C=O) groups excluding carboxylic acids is 1. The van der Waals surface area contributed by atoms with Crippen molar-refractivity contribution >= 4 is 57.6 Å². The smallest absolute Gasteiger partial charge is 0.258 e. The number of carbonyl (C=O) groups is 1. The molecule has 0 saturated carbocycles. The molecule has 0 radical (unpaired) electrons. The van der Waals surface area contributed by atoms with Crippen molar-refractivity contribution in [3.8, 4) is 0 Å². The second-order valence-electron chi connectivity index (χ2n) is 5.47. The third-order valence-corrected chi connectivity index (χ3v) is 5.63. The van der Waals surface area contributed by atoms with E-state index >= 15 is 0 Å². The lowest BCUT2D eigenvalue weighted by atomic mass is 10.2. The van der Waals surface area contributed by atoms with Crippen molar-refractivity contribution in [1.82, 2.24) is 9.55 Å². The molecule has 2 aromatic carbocycles. The molecule has 1 aliphatic rings. The number of rotatable bonds is 2. The fraction of sp³-hybridized carbons (Fsp3) is 0.176. The van der Waals surface area contributed by atoms with Gasteiger partial charge in [0.25, 0.3) is 5.91 Å². The minimum Gasteiger partial charge on any atom is -0.320 e. The number of thioether (sulfide) groups is 1. The number of anilines is 1. The summed E-state index contributed by atoms with van der Waals surface area (Å²) in [5.74, 6) is 0.733. The van der Waals surface area contributed by atoms with Gasteiger partial charge in [0.15, 0.2) is 5.16 Å². The minimum absolute atomic E-state index is 0.274. The summed E-state index contributed by atoms with van der Waals surface area (Å²) in [7, 11) is 0. The number of fused-ring (bicyclic) bond motifs is 3. The van der Waals surface area contributed by atoms with E-state index in [1.165, 1.54) is 0 Å². The Morgan fingerprint density at radius 1 is 1.17 bits per heavy atom. The van der Waals surface area contributed by atoms with E-state index in [0.29, 0.717) is 15.7 Å². The van der Waals surface area contributed by atoms with Crippen LogP contribution in [-0.2, 0) is 6.54 Å². The topological polar surface area (TPSA) is 46.9 Å². The van der Waals surface area contributed by atoms with E-state index < -0.39 is 0 Å². The molecule has 3 aromatic rings. The standard InChI is InChI=1S/C17H13Cl2N3OS/c18-10-4-1-5-11(19)14(10)16(23)20-12-6-2-7-13-15(12)21-17-22(13)8-3-9-24-17/h1-2,4-7H,3,8-9H2,(H,20,23). The number of aryl methyl sites for hydroxylation is 1. The molecule has 0 atom stereocenters. The number of hydrogen-bond acceptors (Lipinski definition) is 3. The highest BCUT2D eigenvalue weighted by Gasteiger charge is 2.20. The Bertz CT molecular complexity index is 934. The lowest BCUT2D eigenvalue weighted by Crippen LogP contribution is -2.13. The Morgan fingerprint density at radius 2 is 1.92 bits per heavy atom. The van der Waals surface area contributed by atoms with Crippen LogP contribution in [0.3, 0.4) is 0 Å². The number of halogens is 2. The zero-order chi connectivity index (χ0) is 16.7. The molecule has 7 heteroatoms. The molecule has 24 heavy (non-hydrogen) atoms. The van der Waals surface area contributed by atoms with Crippen molar-refractivity contribution < 1.29 is 4.79 Å². The van der Waals surface area contributed by atoms with Gasteiger partial charge in [-0.05, 0) is 30.7 Å². The molecule has 2 heterocycles. The summed E-state index contributed by atoms with van der Waals surface area (Å²) in [6.45, 7) is 0.951. The van der Waals surface area contributed by atoms with Crippen LogP contribution in [0.5, 0.6) is 0 Å². The van der Waals surface area contributed by atoms with Crippen molar-refractivity contribution in [3.63, 3.8) is 0 Å². The molecule has 0 fully saturated rings. The average molecular weight is 378 g/mol. The Morgan fingerprint density at radius 3 is 2.71 bits per heavy atom. The largest absolute Gasteiger partial charge is 0.320 e. The summed E-state index contributed by atoms with van der Waals surface area (Å²) < 4.78 is 2.20. The molecule has 122 valence electrons. The lowest BCUT2D eigenvalue weighted by molar-refractivity contribution is 0.102. The monoisotopic (exact) mass is 377 g/mol. The van der Waals surface area contributed by atoms with E-state index in [2.05, 4.69) is 9.88 Å². The number of para-hydroxylation sites is 1. The molecule has 0 bridgehead atoms. The summed E-state index contributed by atoms with van der Waals surface area (Å²) >= 11 is 14.0. The highest BCUT2D eigenvalue weighted by molar-refractivity contribution is 7.99. The second kappa shape index (κ2) is 6.31. The SMILES string of the molecule is O=C(Nc1cccc2c1nc1n2CCCS1)c1c(Cl)cccc1Cl. The van der Waals surface area contributed by atoms with Crippen LogP contribution in [0.25, 0.3) is 11.0 Å². The number of benzene rings is 2. The van der Waals surface area contributed by atoms with Gasteiger partial charge in [-0.1, -0.05) is 47.1 Å². The maximum Gasteiger partial charge on any atom is 0.258 e. The fourth-order valence-electron chi connectivity index (χ4n) is 2.84. The van der Waals surface area contributed by atoms with Gasteiger partial charge >= 0.3 is 0 Å². The molecule has 1 aromatic heterocycles. The number of imidazole rings is 1. The van der Waals surface area contributed by atoms with Crippen LogP contribution in [0.1, 0.15) is 16.8 Å². The molecule has 4 rings (SSSR count). The van der Waals surface area contributed by atoms with Crippen LogP contribution in [0, 0.1) is 0 Å². The average Bonchev–Trinajstić information content (AvgIpc) is 2.95. The van der Waals surface area contributed by atoms with Gasteiger partial charge < -0.3 is 9.88 Å². The molecule has 0 aliphatic carbocycles. The van der Waals surface area contributed by atoms with E-state index in [4.69, 9.17) is 28.2 Å². The predicted molar refractivity (Wildman–Crippen MR) is 99.5 cm³/mol. The maximum atomic E-state index is 12.6. The molecule has 1 N–H and O–H groups in total. The molecular weight excluding hydrogens is 365 g/mol. The van der Waals surface area contributed by atoms with Gasteiger partial charge in [0.05, 0.1) is 26.8 Å². The van der Waals surface area contributed by atoms with Crippen molar-refractivity contribution in [2.75, 3.05) is 11.1 Å². The Labute approximate surface area is 153 Å². The van der Waals surface area contributed by atoms with Crippen LogP contribution in [0.4, 0.5) is 5.69 Å². The fourth-order valence-corrected chi connectivity index (χ4v) is 4.36. The molecule has 1 amide bonds. The summed E-state index contributed by atoms with van der Waals surface area (Å²) in [5, 5.41) is 4.54. The van der Waals surface area contributed by atoms with Crippen molar-refractivity contribution in [2.45, 2.75) is 18.1 Å². The van der Waals surface area contributed by atoms with E-state index in [-0.39, 0.29) is 11.5 Å². The first-order valence-corrected chi connectivity index (χ1v) is 9.27. The lowest BCUT2D eigenvalue weighted by Gasteiger charge is -2.13. The first-order valence-electron chi connectivity index (χ1n) is 7.52. The van der Waals surface area contributed by atoms with Crippen molar-refractivity contribution in [1.29, 1.82) is 0 Å². The third kappa shape index (κ3) is 2.66. The van der Waals surface area contributed by atoms with Crippen LogP contribution < -0.4 is 5.32 Å². The zero-order valence-corrected chi connectivity index (χ0v) is 14.9. The van der Waals surface area contributed by atoms with Gasteiger partial charge in [-0.15, -0.1) is 0 Å². The van der Waals surface area contributed by atoms with Gasteiger partial charge in [0.1, 0.15) is 5.52 Å². The molecule has 0 unspecified atom stereocenters. The van der Waals surface area contributed by atoms with Crippen molar-refractivity contribution in [3.05, 3.63) is 52.0 Å². The first-order chi connectivity index (χ1) is 11.6. The maximum absolute atomic E-state index is 12.6. The molecule has 1 aliphatic heterocycles. The predicted octanol–water partition coefficient (Wildman–Crippen LogP) is 5.09. The van der Waals surface area contributed by atoms with Gasteiger partial charge in [-0.2, -0.15) is 0 Å². The molecule has 4 nitrogen and oxygen atoms in total. The van der Waals surface area contributed by atoms with Crippen LogP contribution >= 0.6 is 35.0 Å². The quantitative estimate of drug-likeness (QED) is 0.676. The van der Waals surface area contributed by atoms with Crippen molar-refractivity contribution in [2.24, 2.45) is 0 Å². The highest BCUT2D eigenvalue weighted by Crippen LogP contribution is 2.33. The minimum atomic E-state index is -0.336. The Hall–Kier alpha value is -1.69. The Kier molecular flexibility index (Phi) is 4.16. The third-order valence-electron chi connectivity index (χ3n) is 3.94. The highest BCUT2D eigenvalue weighted by atomic mass is 35.5. The molecular formula is C17H13Cl2N3OS.